The summed E-state index contributed by atoms with van der Waals surface area (Å²) in [5, 5.41) is 9.45. The van der Waals surface area contributed by atoms with Crippen LogP contribution in [0.15, 0.2) is 48.5 Å². The lowest BCUT2D eigenvalue weighted by Gasteiger charge is -2.18. The van der Waals surface area contributed by atoms with E-state index in [9.17, 15) is 5.11 Å². The fraction of sp³-hybridized carbons (Fsp3) is 0.333. The number of aliphatic hydroxyl groups is 1. The Morgan fingerprint density at radius 2 is 1.86 bits per heavy atom. The molecule has 112 valence electrons. The van der Waals surface area contributed by atoms with E-state index in [2.05, 4.69) is 6.92 Å². The first-order valence-electron chi connectivity index (χ1n) is 7.32. The van der Waals surface area contributed by atoms with Gasteiger partial charge in [0.15, 0.2) is 0 Å². The summed E-state index contributed by atoms with van der Waals surface area (Å²) >= 11 is 0. The van der Waals surface area contributed by atoms with Gasteiger partial charge < -0.3 is 14.6 Å². The summed E-state index contributed by atoms with van der Waals surface area (Å²) in [5.74, 6) is 1.44. The molecule has 0 aliphatic heterocycles. The molecule has 0 heterocycles. The van der Waals surface area contributed by atoms with Crippen LogP contribution in [0, 0.1) is 0 Å². The molecular formula is C18H22O3. The molecule has 3 heteroatoms. The molecule has 0 spiro atoms. The number of rotatable bonds is 7. The molecule has 0 fully saturated rings. The molecule has 1 atom stereocenters. The Kier molecular flexibility index (Phi) is 5.64. The molecular weight excluding hydrogens is 264 g/mol. The van der Waals surface area contributed by atoms with Gasteiger partial charge in [-0.1, -0.05) is 37.3 Å². The zero-order chi connectivity index (χ0) is 15.1. The van der Waals surface area contributed by atoms with E-state index >= 15 is 0 Å². The Morgan fingerprint density at radius 1 is 1.10 bits per heavy atom. The van der Waals surface area contributed by atoms with E-state index in [1.165, 1.54) is 0 Å². The summed E-state index contributed by atoms with van der Waals surface area (Å²) in [6.07, 6.45) is 0.871. The van der Waals surface area contributed by atoms with Crippen LogP contribution in [0.5, 0.6) is 11.5 Å². The standard InChI is InChI=1S/C18H22O3/c1-3-11-20-17-10-9-16(13-19)18(12-17)21-14(2)15-7-5-4-6-8-15/h4-10,12,14,19H,3,11,13H2,1-2H3. The third kappa shape index (κ3) is 4.23. The summed E-state index contributed by atoms with van der Waals surface area (Å²) < 4.78 is 11.6. The van der Waals surface area contributed by atoms with Gasteiger partial charge in [-0.2, -0.15) is 0 Å². The van der Waals surface area contributed by atoms with Crippen molar-refractivity contribution >= 4 is 0 Å². The molecule has 0 aliphatic carbocycles. The minimum atomic E-state index is -0.0853. The van der Waals surface area contributed by atoms with Crippen LogP contribution in [0.3, 0.4) is 0 Å². The molecule has 3 nitrogen and oxygen atoms in total. The fourth-order valence-corrected chi connectivity index (χ4v) is 2.07. The van der Waals surface area contributed by atoms with Crippen LogP contribution in [0.1, 0.15) is 37.5 Å². The van der Waals surface area contributed by atoms with E-state index in [0.29, 0.717) is 12.4 Å². The number of hydrogen-bond donors (Lipinski definition) is 1. The Balaban J connectivity index is 2.16. The highest BCUT2D eigenvalue weighted by molar-refractivity contribution is 5.41. The molecule has 1 N–H and O–H groups in total. The highest BCUT2D eigenvalue weighted by atomic mass is 16.5. The molecule has 21 heavy (non-hydrogen) atoms. The lowest BCUT2D eigenvalue weighted by Crippen LogP contribution is -2.05. The normalized spacial score (nSPS) is 12.0. The van der Waals surface area contributed by atoms with Crippen molar-refractivity contribution in [3.8, 4) is 11.5 Å². The SMILES string of the molecule is CCCOc1ccc(CO)c(OC(C)c2ccccc2)c1. The van der Waals surface area contributed by atoms with Crippen LogP contribution in [-0.4, -0.2) is 11.7 Å². The van der Waals surface area contributed by atoms with Crippen LogP contribution < -0.4 is 9.47 Å². The maximum Gasteiger partial charge on any atom is 0.129 e. The molecule has 0 saturated carbocycles. The summed E-state index contributed by atoms with van der Waals surface area (Å²) in [7, 11) is 0. The third-order valence-electron chi connectivity index (χ3n) is 3.25. The largest absolute Gasteiger partial charge is 0.493 e. The first-order chi connectivity index (χ1) is 10.2. The highest BCUT2D eigenvalue weighted by Crippen LogP contribution is 2.29. The van der Waals surface area contributed by atoms with E-state index in [4.69, 9.17) is 9.47 Å². The summed E-state index contributed by atoms with van der Waals surface area (Å²) in [6, 6.07) is 15.6. The Hall–Kier alpha value is -2.00. The molecule has 1 unspecified atom stereocenters. The second-order valence-corrected chi connectivity index (χ2v) is 4.95. The fourth-order valence-electron chi connectivity index (χ4n) is 2.07. The molecule has 0 saturated heterocycles. The van der Waals surface area contributed by atoms with E-state index < -0.39 is 0 Å². The van der Waals surface area contributed by atoms with Gasteiger partial charge in [0, 0.05) is 11.6 Å². The maximum atomic E-state index is 9.45. The summed E-state index contributed by atoms with van der Waals surface area (Å²) in [5.41, 5.74) is 1.86. The van der Waals surface area contributed by atoms with Gasteiger partial charge in [0.2, 0.25) is 0 Å². The van der Waals surface area contributed by atoms with Crippen molar-refractivity contribution < 1.29 is 14.6 Å². The van der Waals surface area contributed by atoms with Crippen molar-refractivity contribution in [1.29, 1.82) is 0 Å². The van der Waals surface area contributed by atoms with Gasteiger partial charge in [-0.05, 0) is 31.0 Å². The monoisotopic (exact) mass is 286 g/mol. The van der Waals surface area contributed by atoms with Gasteiger partial charge in [0.25, 0.3) is 0 Å². The first kappa shape index (κ1) is 15.4. The van der Waals surface area contributed by atoms with Crippen molar-refractivity contribution in [3.63, 3.8) is 0 Å². The maximum absolute atomic E-state index is 9.45. The Bertz CT molecular complexity index is 552. The lowest BCUT2D eigenvalue weighted by molar-refractivity contribution is 0.211. The van der Waals surface area contributed by atoms with Crippen molar-refractivity contribution in [2.75, 3.05) is 6.61 Å². The van der Waals surface area contributed by atoms with Gasteiger partial charge >= 0.3 is 0 Å². The van der Waals surface area contributed by atoms with Crippen molar-refractivity contribution in [3.05, 3.63) is 59.7 Å². The smallest absolute Gasteiger partial charge is 0.129 e. The highest BCUT2D eigenvalue weighted by Gasteiger charge is 2.11. The van der Waals surface area contributed by atoms with Gasteiger partial charge in [-0.25, -0.2) is 0 Å². The second kappa shape index (κ2) is 7.70. The van der Waals surface area contributed by atoms with Crippen molar-refractivity contribution in [2.24, 2.45) is 0 Å². The van der Waals surface area contributed by atoms with Gasteiger partial charge in [-0.15, -0.1) is 0 Å². The zero-order valence-corrected chi connectivity index (χ0v) is 12.6. The average molecular weight is 286 g/mol. The number of hydrogen-bond acceptors (Lipinski definition) is 3. The summed E-state index contributed by atoms with van der Waals surface area (Å²) in [4.78, 5) is 0. The van der Waals surface area contributed by atoms with E-state index in [1.807, 2.05) is 55.5 Å². The number of aliphatic hydroxyl groups excluding tert-OH is 1. The van der Waals surface area contributed by atoms with Gasteiger partial charge in [0.05, 0.1) is 13.2 Å². The molecule has 0 aromatic heterocycles. The lowest BCUT2D eigenvalue weighted by atomic mass is 10.1. The van der Waals surface area contributed by atoms with Gasteiger partial charge in [0.1, 0.15) is 17.6 Å². The van der Waals surface area contributed by atoms with E-state index in [1.54, 1.807) is 0 Å². The predicted molar refractivity (Wildman–Crippen MR) is 83.6 cm³/mol. The molecule has 2 aromatic carbocycles. The minimum absolute atomic E-state index is 0.0507. The molecule has 2 aromatic rings. The van der Waals surface area contributed by atoms with Crippen molar-refractivity contribution in [2.45, 2.75) is 33.0 Å². The van der Waals surface area contributed by atoms with Crippen LogP contribution in [0.25, 0.3) is 0 Å². The topological polar surface area (TPSA) is 38.7 Å². The van der Waals surface area contributed by atoms with Gasteiger partial charge in [-0.3, -0.25) is 0 Å². The number of ether oxygens (including phenoxy) is 2. The number of benzene rings is 2. The average Bonchev–Trinajstić information content (AvgIpc) is 2.54. The second-order valence-electron chi connectivity index (χ2n) is 4.95. The molecule has 0 radical (unpaired) electrons. The molecule has 0 bridgehead atoms. The van der Waals surface area contributed by atoms with Crippen molar-refractivity contribution in [1.82, 2.24) is 0 Å². The summed E-state index contributed by atoms with van der Waals surface area (Å²) in [6.45, 7) is 4.68. The first-order valence-corrected chi connectivity index (χ1v) is 7.32. The molecule has 0 aliphatic rings. The van der Waals surface area contributed by atoms with Crippen LogP contribution in [0.4, 0.5) is 0 Å². The van der Waals surface area contributed by atoms with Crippen LogP contribution in [-0.2, 0) is 6.61 Å². The van der Waals surface area contributed by atoms with Crippen LogP contribution in [0.2, 0.25) is 0 Å². The minimum Gasteiger partial charge on any atom is -0.493 e. The van der Waals surface area contributed by atoms with Crippen LogP contribution >= 0.6 is 0 Å². The van der Waals surface area contributed by atoms with E-state index in [0.717, 1.165) is 23.3 Å². The predicted octanol–water partition coefficient (Wildman–Crippen LogP) is 4.11. The molecule has 2 rings (SSSR count). The Labute approximate surface area is 126 Å². The van der Waals surface area contributed by atoms with E-state index in [-0.39, 0.29) is 12.7 Å². The Morgan fingerprint density at radius 3 is 2.52 bits per heavy atom. The molecule has 0 amide bonds. The zero-order valence-electron chi connectivity index (χ0n) is 12.6. The quantitative estimate of drug-likeness (QED) is 0.832. The third-order valence-corrected chi connectivity index (χ3v) is 3.25.